The summed E-state index contributed by atoms with van der Waals surface area (Å²) in [7, 11) is 1.33. The lowest BCUT2D eigenvalue weighted by molar-refractivity contribution is -0.386. The molecule has 26 heavy (non-hydrogen) atoms. The lowest BCUT2D eigenvalue weighted by atomic mass is 10.2. The van der Waals surface area contributed by atoms with Crippen LogP contribution in [0.3, 0.4) is 0 Å². The largest absolute Gasteiger partial charge is 0.472 e. The molecule has 1 heterocycles. The van der Waals surface area contributed by atoms with Crippen LogP contribution in [0.2, 0.25) is 0 Å². The Morgan fingerprint density at radius 1 is 1.35 bits per heavy atom. The molecule has 0 atom stereocenters. The van der Waals surface area contributed by atoms with E-state index in [1.165, 1.54) is 11.8 Å². The third kappa shape index (κ3) is 3.27. The quantitative estimate of drug-likeness (QED) is 0.339. The number of rotatable bonds is 7. The minimum atomic E-state index is -0.575. The normalized spacial score (nSPS) is 24.1. The minimum Gasteiger partial charge on any atom is -0.472 e. The maximum Gasteiger partial charge on any atom is 0.352 e. The van der Waals surface area contributed by atoms with Crippen molar-refractivity contribution in [2.75, 3.05) is 20.3 Å². The lowest BCUT2D eigenvalue weighted by Gasteiger charge is -2.04. The highest BCUT2D eigenvalue weighted by atomic mass is 16.6. The van der Waals surface area contributed by atoms with Gasteiger partial charge in [0.15, 0.2) is 0 Å². The van der Waals surface area contributed by atoms with Gasteiger partial charge >= 0.3 is 17.5 Å². The van der Waals surface area contributed by atoms with Gasteiger partial charge in [-0.15, -0.1) is 5.10 Å². The summed E-state index contributed by atoms with van der Waals surface area (Å²) in [6.45, 7) is 9.67. The van der Waals surface area contributed by atoms with E-state index in [2.05, 4.69) is 5.10 Å². The third-order valence-electron chi connectivity index (χ3n) is 4.59. The van der Waals surface area contributed by atoms with Crippen molar-refractivity contribution in [1.82, 2.24) is 9.78 Å². The predicted molar refractivity (Wildman–Crippen MR) is 95.2 cm³/mol. The maximum absolute atomic E-state index is 11.8. The second-order valence-corrected chi connectivity index (χ2v) is 5.79. The van der Waals surface area contributed by atoms with E-state index in [0.717, 1.165) is 0 Å². The first-order valence-electron chi connectivity index (χ1n) is 9.00. The van der Waals surface area contributed by atoms with Crippen LogP contribution >= 0.6 is 0 Å². The molecular formula is C17H29N3O6. The van der Waals surface area contributed by atoms with Crippen molar-refractivity contribution in [3.8, 4) is 5.88 Å². The van der Waals surface area contributed by atoms with Gasteiger partial charge in [0.2, 0.25) is 0 Å². The van der Waals surface area contributed by atoms with Gasteiger partial charge in [-0.05, 0) is 19.8 Å². The molecule has 2 saturated carbocycles. The Bertz CT molecular complexity index is 649. The molecule has 0 amide bonds. The predicted octanol–water partition coefficient (Wildman–Crippen LogP) is 2.58. The maximum atomic E-state index is 11.8. The smallest absolute Gasteiger partial charge is 0.352 e. The first-order valence-corrected chi connectivity index (χ1v) is 9.00. The third-order valence-corrected chi connectivity index (χ3v) is 4.59. The fourth-order valence-corrected chi connectivity index (χ4v) is 3.17. The Morgan fingerprint density at radius 2 is 1.92 bits per heavy atom. The summed E-state index contributed by atoms with van der Waals surface area (Å²) in [4.78, 5) is 22.5. The number of carbonyl (C=O) groups excluding carboxylic acids is 1. The van der Waals surface area contributed by atoms with Gasteiger partial charge in [0.1, 0.15) is 5.69 Å². The molecule has 0 aliphatic heterocycles. The average Bonchev–Trinajstić information content (AvgIpc) is 3.45. The number of aromatic nitrogens is 2. The van der Waals surface area contributed by atoms with Crippen LogP contribution in [0.15, 0.2) is 0 Å². The summed E-state index contributed by atoms with van der Waals surface area (Å²) in [5.74, 6) is -0.365. The number of aliphatic hydroxyl groups excluding tert-OH is 1. The molecule has 1 aromatic rings. The number of ether oxygens (including phenoxy) is 2. The van der Waals surface area contributed by atoms with E-state index in [1.807, 2.05) is 27.7 Å². The second-order valence-electron chi connectivity index (χ2n) is 5.79. The van der Waals surface area contributed by atoms with Gasteiger partial charge < -0.3 is 14.6 Å². The van der Waals surface area contributed by atoms with Gasteiger partial charge in [0.25, 0.3) is 0 Å². The molecule has 148 valence electrons. The zero-order valence-corrected chi connectivity index (χ0v) is 16.4. The van der Waals surface area contributed by atoms with Gasteiger partial charge in [-0.3, -0.25) is 19.6 Å². The van der Waals surface area contributed by atoms with E-state index in [-0.39, 0.29) is 30.8 Å². The standard InChI is InChI=1S/C13H17N3O6.2C2H6/c1-8-9(16(19)20)10(22-5-3-4-17)14-15(8)13-6-12(13,7-13)11(18)21-2;2*1-2/h17H,3-7H2,1-2H3;2*1-2H3. The van der Waals surface area contributed by atoms with Crippen molar-refractivity contribution in [1.29, 1.82) is 0 Å². The van der Waals surface area contributed by atoms with Gasteiger partial charge in [0.05, 0.1) is 29.6 Å². The summed E-state index contributed by atoms with van der Waals surface area (Å²) in [6.07, 6.45) is 1.53. The highest BCUT2D eigenvalue weighted by Gasteiger charge is 2.90. The first-order chi connectivity index (χ1) is 12.4. The second kappa shape index (κ2) is 8.48. The van der Waals surface area contributed by atoms with E-state index >= 15 is 0 Å². The molecule has 0 aromatic carbocycles. The van der Waals surface area contributed by atoms with Crippen molar-refractivity contribution in [2.45, 2.75) is 59.4 Å². The number of esters is 1. The molecule has 9 nitrogen and oxygen atoms in total. The summed E-state index contributed by atoms with van der Waals surface area (Å²) < 4.78 is 11.6. The van der Waals surface area contributed by atoms with Crippen molar-refractivity contribution in [3.05, 3.63) is 15.8 Å². The Morgan fingerprint density at radius 3 is 2.38 bits per heavy atom. The molecular weight excluding hydrogens is 342 g/mol. The Hall–Kier alpha value is -2.16. The van der Waals surface area contributed by atoms with Gasteiger partial charge in [0, 0.05) is 13.0 Å². The highest BCUT2D eigenvalue weighted by Crippen LogP contribution is 2.84. The fourth-order valence-electron chi connectivity index (χ4n) is 3.17. The topological polar surface area (TPSA) is 117 Å². The minimum absolute atomic E-state index is 0.0666. The number of methoxy groups -OCH3 is 1. The molecule has 0 unspecified atom stereocenters. The summed E-state index contributed by atoms with van der Waals surface area (Å²) in [5.41, 5.74) is -0.889. The molecule has 2 aliphatic rings. The first kappa shape index (κ1) is 21.9. The summed E-state index contributed by atoms with van der Waals surface area (Å²) in [5, 5.41) is 24.2. The van der Waals surface area contributed by atoms with Crippen LogP contribution in [-0.4, -0.2) is 46.1 Å². The van der Waals surface area contributed by atoms with Crippen molar-refractivity contribution < 1.29 is 24.3 Å². The van der Waals surface area contributed by atoms with E-state index in [4.69, 9.17) is 14.6 Å². The van der Waals surface area contributed by atoms with E-state index < -0.39 is 15.9 Å². The van der Waals surface area contributed by atoms with Crippen molar-refractivity contribution >= 4 is 11.7 Å². The molecule has 2 aliphatic carbocycles. The van der Waals surface area contributed by atoms with Crippen LogP contribution in [-0.2, 0) is 15.1 Å². The van der Waals surface area contributed by atoms with Crippen molar-refractivity contribution in [3.63, 3.8) is 0 Å². The highest BCUT2D eigenvalue weighted by molar-refractivity contribution is 5.88. The van der Waals surface area contributed by atoms with E-state index in [9.17, 15) is 14.9 Å². The van der Waals surface area contributed by atoms with Crippen molar-refractivity contribution in [2.24, 2.45) is 5.41 Å². The molecule has 3 rings (SSSR count). The monoisotopic (exact) mass is 371 g/mol. The number of nitrogens with zero attached hydrogens (tertiary/aromatic N) is 3. The van der Waals surface area contributed by atoms with E-state index in [1.54, 1.807) is 6.92 Å². The summed E-state index contributed by atoms with van der Waals surface area (Å²) in [6, 6.07) is 0. The Kier molecular flexibility index (Phi) is 7.14. The van der Waals surface area contributed by atoms with Gasteiger partial charge in [-0.1, -0.05) is 27.7 Å². The van der Waals surface area contributed by atoms with Crippen LogP contribution in [0.5, 0.6) is 5.88 Å². The van der Waals surface area contributed by atoms with E-state index in [0.29, 0.717) is 25.0 Å². The summed E-state index contributed by atoms with van der Waals surface area (Å²) >= 11 is 0. The van der Waals surface area contributed by atoms with Gasteiger partial charge in [-0.2, -0.15) is 0 Å². The molecule has 2 fully saturated rings. The molecule has 0 radical (unpaired) electrons. The average molecular weight is 371 g/mol. The van der Waals surface area contributed by atoms with Crippen LogP contribution < -0.4 is 4.74 Å². The van der Waals surface area contributed by atoms with Crippen LogP contribution in [0.25, 0.3) is 0 Å². The SMILES string of the molecule is CC.CC.COC(=O)C12CC1(n1nc(OCCCO)c([N+](=O)[O-])c1C)C2. The van der Waals surface area contributed by atoms with Crippen LogP contribution in [0.4, 0.5) is 5.69 Å². The lowest BCUT2D eigenvalue weighted by Crippen LogP contribution is -2.13. The van der Waals surface area contributed by atoms with Gasteiger partial charge in [-0.25, -0.2) is 0 Å². The number of nitro groups is 1. The number of aliphatic hydroxyl groups is 1. The molecule has 1 aromatic heterocycles. The zero-order chi connectivity index (χ0) is 20.1. The fraction of sp³-hybridized carbons (Fsp3) is 0.765. The number of carbonyl (C=O) groups is 1. The van der Waals surface area contributed by atoms with Crippen LogP contribution in [0.1, 0.15) is 52.7 Å². The molecule has 0 spiro atoms. The number of fused-ring (bicyclic) bond motifs is 1. The Labute approximate surface area is 153 Å². The molecule has 9 heteroatoms. The number of hydrogen-bond donors (Lipinski definition) is 1. The van der Waals surface area contributed by atoms with Crippen LogP contribution in [0, 0.1) is 22.5 Å². The molecule has 0 saturated heterocycles. The Balaban J connectivity index is 0.000000791. The zero-order valence-electron chi connectivity index (χ0n) is 16.4. The molecule has 1 N–H and O–H groups in total. The number of hydrogen-bond acceptors (Lipinski definition) is 7. The molecule has 0 bridgehead atoms.